The van der Waals surface area contributed by atoms with Crippen LogP contribution in [0.5, 0.6) is 0 Å². The van der Waals surface area contributed by atoms with Gasteiger partial charge in [-0.2, -0.15) is 4.31 Å². The molecule has 33 heavy (non-hydrogen) atoms. The average molecular weight is 472 g/mol. The molecule has 9 nitrogen and oxygen atoms in total. The Kier molecular flexibility index (Phi) is 6.08. The summed E-state index contributed by atoms with van der Waals surface area (Å²) in [7, 11) is -3.70. The van der Waals surface area contributed by atoms with Gasteiger partial charge in [0.2, 0.25) is 15.9 Å². The highest BCUT2D eigenvalue weighted by Crippen LogP contribution is 2.26. The Balaban J connectivity index is 1.45. The number of carbonyl (C=O) groups excluding carboxylic acids is 3. The van der Waals surface area contributed by atoms with Crippen LogP contribution >= 0.6 is 0 Å². The molecule has 0 aliphatic carbocycles. The van der Waals surface area contributed by atoms with Crippen molar-refractivity contribution in [1.82, 2.24) is 9.21 Å². The van der Waals surface area contributed by atoms with E-state index in [1.165, 1.54) is 35.5 Å². The molecule has 1 saturated heterocycles. The summed E-state index contributed by atoms with van der Waals surface area (Å²) in [6.45, 7) is 5.65. The van der Waals surface area contributed by atoms with E-state index in [9.17, 15) is 22.8 Å². The van der Waals surface area contributed by atoms with Crippen LogP contribution in [0.25, 0.3) is 0 Å². The molecule has 0 saturated carbocycles. The predicted octanol–water partition coefficient (Wildman–Crippen LogP) is 2.11. The molecule has 1 N–H and O–H groups in total. The van der Waals surface area contributed by atoms with Gasteiger partial charge >= 0.3 is 0 Å². The summed E-state index contributed by atoms with van der Waals surface area (Å²) in [5.41, 5.74) is 0.887. The minimum Gasteiger partial charge on any atom is -0.373 e. The Morgan fingerprint density at radius 3 is 2.00 bits per heavy atom. The number of morpholine rings is 1. The number of rotatable bonds is 5. The van der Waals surface area contributed by atoms with Crippen molar-refractivity contribution in [1.29, 1.82) is 0 Å². The maximum Gasteiger partial charge on any atom is 0.262 e. The minimum atomic E-state index is -3.70. The van der Waals surface area contributed by atoms with Gasteiger partial charge in [-0.05, 0) is 57.2 Å². The number of fused-ring (bicyclic) bond motifs is 1. The number of amides is 3. The van der Waals surface area contributed by atoms with Crippen molar-refractivity contribution >= 4 is 33.4 Å². The van der Waals surface area contributed by atoms with E-state index in [1.54, 1.807) is 24.3 Å². The monoisotopic (exact) mass is 471 g/mol. The number of benzene rings is 2. The maximum absolute atomic E-state index is 13.0. The molecule has 2 heterocycles. The summed E-state index contributed by atoms with van der Waals surface area (Å²) in [6.07, 6.45) is -0.406. The van der Waals surface area contributed by atoms with Gasteiger partial charge in [0.1, 0.15) is 6.04 Å². The molecule has 1 fully saturated rings. The number of anilines is 1. The molecule has 10 heteroatoms. The number of carbonyl (C=O) groups is 3. The lowest BCUT2D eigenvalue weighted by atomic mass is 10.1. The predicted molar refractivity (Wildman–Crippen MR) is 120 cm³/mol. The molecule has 0 spiro atoms. The third-order valence-corrected chi connectivity index (χ3v) is 7.58. The van der Waals surface area contributed by atoms with E-state index in [1.807, 2.05) is 13.8 Å². The Bertz CT molecular complexity index is 1170. The summed E-state index contributed by atoms with van der Waals surface area (Å²) in [5.74, 6) is -1.60. The van der Waals surface area contributed by atoms with Gasteiger partial charge in [-0.3, -0.25) is 19.3 Å². The van der Waals surface area contributed by atoms with Crippen molar-refractivity contribution in [2.75, 3.05) is 18.4 Å². The van der Waals surface area contributed by atoms with Crippen LogP contribution in [0, 0.1) is 0 Å². The first-order valence-electron chi connectivity index (χ1n) is 10.6. The number of imide groups is 1. The van der Waals surface area contributed by atoms with Gasteiger partial charge < -0.3 is 10.1 Å². The van der Waals surface area contributed by atoms with E-state index in [0.717, 1.165) is 4.90 Å². The van der Waals surface area contributed by atoms with E-state index >= 15 is 0 Å². The maximum atomic E-state index is 13.0. The van der Waals surface area contributed by atoms with Crippen molar-refractivity contribution in [3.8, 4) is 0 Å². The second-order valence-corrected chi connectivity index (χ2v) is 10.2. The van der Waals surface area contributed by atoms with E-state index in [-0.39, 0.29) is 41.3 Å². The van der Waals surface area contributed by atoms with Crippen LogP contribution < -0.4 is 5.32 Å². The molecule has 2 aromatic rings. The van der Waals surface area contributed by atoms with Crippen molar-refractivity contribution in [3.05, 3.63) is 59.7 Å². The Hall–Kier alpha value is -3.08. The second-order valence-electron chi connectivity index (χ2n) is 8.29. The third-order valence-electron chi connectivity index (χ3n) is 5.74. The zero-order chi connectivity index (χ0) is 23.9. The summed E-state index contributed by atoms with van der Waals surface area (Å²) >= 11 is 0. The molecule has 0 radical (unpaired) electrons. The first-order chi connectivity index (χ1) is 15.6. The van der Waals surface area contributed by atoms with Gasteiger partial charge in [-0.1, -0.05) is 12.1 Å². The smallest absolute Gasteiger partial charge is 0.262 e. The Labute approximate surface area is 192 Å². The number of hydrogen-bond acceptors (Lipinski definition) is 6. The summed E-state index contributed by atoms with van der Waals surface area (Å²) in [6, 6.07) is 11.2. The highest BCUT2D eigenvalue weighted by molar-refractivity contribution is 7.89. The van der Waals surface area contributed by atoms with Crippen molar-refractivity contribution < 1.29 is 27.5 Å². The highest BCUT2D eigenvalue weighted by atomic mass is 32.2. The fraction of sp³-hybridized carbons (Fsp3) is 0.348. The Morgan fingerprint density at radius 2 is 1.48 bits per heavy atom. The highest BCUT2D eigenvalue weighted by Gasteiger charge is 2.40. The van der Waals surface area contributed by atoms with Gasteiger partial charge in [-0.25, -0.2) is 8.42 Å². The zero-order valence-corrected chi connectivity index (χ0v) is 19.3. The fourth-order valence-electron chi connectivity index (χ4n) is 4.11. The van der Waals surface area contributed by atoms with Gasteiger partial charge in [0.15, 0.2) is 0 Å². The molecule has 0 bridgehead atoms. The second kappa shape index (κ2) is 8.69. The van der Waals surface area contributed by atoms with E-state index in [0.29, 0.717) is 5.69 Å². The minimum absolute atomic E-state index is 0.107. The molecule has 2 aliphatic rings. The molecular formula is C23H25N3O6S. The molecule has 3 unspecified atom stereocenters. The molecular weight excluding hydrogens is 446 g/mol. The normalized spacial score (nSPS) is 22.2. The first kappa shape index (κ1) is 23.1. The number of nitrogens with zero attached hydrogens (tertiary/aromatic N) is 2. The quantitative estimate of drug-likeness (QED) is 0.669. The topological polar surface area (TPSA) is 113 Å². The molecule has 2 aliphatic heterocycles. The van der Waals surface area contributed by atoms with Crippen LogP contribution in [0.2, 0.25) is 0 Å². The van der Waals surface area contributed by atoms with Gasteiger partial charge in [0.05, 0.1) is 28.2 Å². The van der Waals surface area contributed by atoms with E-state index < -0.39 is 33.8 Å². The number of nitrogens with one attached hydrogen (secondary N) is 1. The SMILES string of the molecule is CC1CN(S(=O)(=O)c2ccc(NC(=O)C(C)N3C(=O)c4ccccc4C3=O)cc2)CC(C)O1. The van der Waals surface area contributed by atoms with Crippen LogP contribution in [0.4, 0.5) is 5.69 Å². The molecule has 4 rings (SSSR count). The summed E-state index contributed by atoms with van der Waals surface area (Å²) < 4.78 is 32.9. The number of hydrogen-bond donors (Lipinski definition) is 1. The van der Waals surface area contributed by atoms with E-state index in [4.69, 9.17) is 4.74 Å². The fourth-order valence-corrected chi connectivity index (χ4v) is 5.70. The largest absolute Gasteiger partial charge is 0.373 e. The van der Waals surface area contributed by atoms with Gasteiger partial charge in [0.25, 0.3) is 11.8 Å². The van der Waals surface area contributed by atoms with Crippen molar-refractivity contribution in [3.63, 3.8) is 0 Å². The van der Waals surface area contributed by atoms with E-state index in [2.05, 4.69) is 5.32 Å². The summed E-state index contributed by atoms with van der Waals surface area (Å²) in [5, 5.41) is 2.65. The molecule has 174 valence electrons. The summed E-state index contributed by atoms with van der Waals surface area (Å²) in [4.78, 5) is 39.0. The van der Waals surface area contributed by atoms with Crippen LogP contribution in [0.15, 0.2) is 53.4 Å². The van der Waals surface area contributed by atoms with Crippen LogP contribution in [0.3, 0.4) is 0 Å². The van der Waals surface area contributed by atoms with Crippen molar-refractivity contribution in [2.45, 2.75) is 43.9 Å². The lowest BCUT2D eigenvalue weighted by molar-refractivity contribution is -0.119. The standard InChI is InChI=1S/C23H25N3O6S/c1-14-12-25(13-15(2)32-14)33(30,31)18-10-8-17(9-11-18)24-21(27)16(3)26-22(28)19-6-4-5-7-20(19)23(26)29/h4-11,14-16H,12-13H2,1-3H3,(H,24,27). The lowest BCUT2D eigenvalue weighted by Crippen LogP contribution is -2.48. The third kappa shape index (κ3) is 4.29. The average Bonchev–Trinajstić information content (AvgIpc) is 3.03. The molecule has 3 amide bonds. The van der Waals surface area contributed by atoms with Crippen LogP contribution in [0.1, 0.15) is 41.5 Å². The van der Waals surface area contributed by atoms with Gasteiger partial charge in [0, 0.05) is 18.8 Å². The number of sulfonamides is 1. The first-order valence-corrected chi connectivity index (χ1v) is 12.1. The van der Waals surface area contributed by atoms with Gasteiger partial charge in [-0.15, -0.1) is 0 Å². The molecule has 2 aromatic carbocycles. The van der Waals surface area contributed by atoms with Crippen LogP contribution in [-0.2, 0) is 19.6 Å². The van der Waals surface area contributed by atoms with Crippen LogP contribution in [-0.4, -0.2) is 66.7 Å². The Morgan fingerprint density at radius 1 is 0.970 bits per heavy atom. The molecule has 3 atom stereocenters. The zero-order valence-electron chi connectivity index (χ0n) is 18.5. The number of ether oxygens (including phenoxy) is 1. The van der Waals surface area contributed by atoms with Crippen molar-refractivity contribution in [2.24, 2.45) is 0 Å². The molecule has 0 aromatic heterocycles. The lowest BCUT2D eigenvalue weighted by Gasteiger charge is -2.34.